The zero-order valence-electron chi connectivity index (χ0n) is 20.9. The largest absolute Gasteiger partial charge is 0.485 e. The summed E-state index contributed by atoms with van der Waals surface area (Å²) in [5, 5.41) is 11.9. The fraction of sp³-hybridized carbons (Fsp3) is 0.226. The van der Waals surface area contributed by atoms with Gasteiger partial charge in [0, 0.05) is 10.6 Å². The van der Waals surface area contributed by atoms with Crippen LogP contribution in [0.1, 0.15) is 51.6 Å². The molecule has 186 valence electrons. The van der Waals surface area contributed by atoms with E-state index in [2.05, 4.69) is 43.3 Å². The summed E-state index contributed by atoms with van der Waals surface area (Å²) in [6.07, 6.45) is -0.260. The third-order valence-corrected chi connectivity index (χ3v) is 8.55. The number of rotatable bonds is 6. The average molecular weight is 510 g/mol. The molecule has 0 saturated carbocycles. The Morgan fingerprint density at radius 3 is 2.51 bits per heavy atom. The van der Waals surface area contributed by atoms with E-state index < -0.39 is 5.97 Å². The Labute approximate surface area is 219 Å². The van der Waals surface area contributed by atoms with Crippen LogP contribution in [0.3, 0.4) is 0 Å². The first kappa shape index (κ1) is 23.6. The number of pyridine rings is 1. The third kappa shape index (κ3) is 4.16. The van der Waals surface area contributed by atoms with Gasteiger partial charge in [-0.05, 0) is 66.6 Å². The standard InChI is InChI=1S/C31H27NO4S/c1-17-8-13-26(36-19(3)20-9-11-21(12-10-20)22-15-35-16-22)28-24(31(33)34)14-25(32-29(17)28)30-18(2)23-6-4-5-7-27(23)37-30/h4-14,19,22H,15-16H2,1-3H3,(H,33,34)/t19-/m1/s1. The Morgan fingerprint density at radius 2 is 1.84 bits per heavy atom. The van der Waals surface area contributed by atoms with Crippen LogP contribution >= 0.6 is 11.3 Å². The Kier molecular flexibility index (Phi) is 5.94. The predicted octanol–water partition coefficient (Wildman–Crippen LogP) is 7.69. The smallest absolute Gasteiger partial charge is 0.336 e. The molecule has 1 saturated heterocycles. The summed E-state index contributed by atoms with van der Waals surface area (Å²) in [4.78, 5) is 18.5. The van der Waals surface area contributed by atoms with Crippen molar-refractivity contribution in [2.45, 2.75) is 32.8 Å². The number of hydrogen-bond acceptors (Lipinski definition) is 5. The van der Waals surface area contributed by atoms with E-state index >= 15 is 0 Å². The van der Waals surface area contributed by atoms with Gasteiger partial charge in [0.15, 0.2) is 0 Å². The molecule has 2 aromatic heterocycles. The van der Waals surface area contributed by atoms with E-state index in [0.29, 0.717) is 28.3 Å². The summed E-state index contributed by atoms with van der Waals surface area (Å²) < 4.78 is 12.9. The molecule has 0 aliphatic carbocycles. The van der Waals surface area contributed by atoms with E-state index in [9.17, 15) is 9.90 Å². The Morgan fingerprint density at radius 1 is 1.08 bits per heavy atom. The maximum atomic E-state index is 12.5. The third-order valence-electron chi connectivity index (χ3n) is 7.25. The van der Waals surface area contributed by atoms with Crippen LogP contribution in [0.15, 0.2) is 66.7 Å². The molecule has 3 aromatic carbocycles. The second-order valence-corrected chi connectivity index (χ2v) is 10.7. The molecule has 0 bridgehead atoms. The molecule has 5 nitrogen and oxygen atoms in total. The molecule has 1 aliphatic heterocycles. The highest BCUT2D eigenvalue weighted by Crippen LogP contribution is 2.41. The van der Waals surface area contributed by atoms with Crippen molar-refractivity contribution in [1.82, 2.24) is 4.98 Å². The van der Waals surface area contributed by atoms with Gasteiger partial charge in [-0.15, -0.1) is 11.3 Å². The lowest BCUT2D eigenvalue weighted by Gasteiger charge is -2.26. The number of carbonyl (C=O) groups is 1. The summed E-state index contributed by atoms with van der Waals surface area (Å²) in [6.45, 7) is 7.55. The summed E-state index contributed by atoms with van der Waals surface area (Å²) in [5.41, 5.74) is 5.83. The number of carboxylic acids is 1. The van der Waals surface area contributed by atoms with Crippen molar-refractivity contribution in [3.05, 3.63) is 94.5 Å². The van der Waals surface area contributed by atoms with Crippen LogP contribution in [0.4, 0.5) is 0 Å². The molecular weight excluding hydrogens is 482 g/mol. The second-order valence-electron chi connectivity index (χ2n) is 9.68. The predicted molar refractivity (Wildman–Crippen MR) is 148 cm³/mol. The number of thiophene rings is 1. The van der Waals surface area contributed by atoms with E-state index in [1.165, 1.54) is 10.9 Å². The number of fused-ring (bicyclic) bond motifs is 2. The highest BCUT2D eigenvalue weighted by molar-refractivity contribution is 7.22. The van der Waals surface area contributed by atoms with Gasteiger partial charge in [0.2, 0.25) is 0 Å². The van der Waals surface area contributed by atoms with Crippen LogP contribution in [0.2, 0.25) is 0 Å². The SMILES string of the molecule is Cc1c(-c2cc(C(=O)O)c3c(O[C@H](C)c4ccc(C5COC5)cc4)ccc(C)c3n2)sc2ccccc12. The fourth-order valence-corrected chi connectivity index (χ4v) is 6.14. The van der Waals surface area contributed by atoms with Crippen LogP contribution in [0.25, 0.3) is 31.6 Å². The first-order valence-electron chi connectivity index (χ1n) is 12.4. The van der Waals surface area contributed by atoms with Gasteiger partial charge in [0.05, 0.1) is 40.3 Å². The van der Waals surface area contributed by atoms with Crippen molar-refractivity contribution < 1.29 is 19.4 Å². The molecule has 1 N–H and O–H groups in total. The van der Waals surface area contributed by atoms with Crippen LogP contribution in [0, 0.1) is 13.8 Å². The minimum Gasteiger partial charge on any atom is -0.485 e. The molecule has 0 radical (unpaired) electrons. The van der Waals surface area contributed by atoms with Gasteiger partial charge in [-0.3, -0.25) is 0 Å². The summed E-state index contributed by atoms with van der Waals surface area (Å²) in [5.74, 6) is -0.00837. The molecule has 1 aliphatic rings. The lowest BCUT2D eigenvalue weighted by molar-refractivity contribution is 0.00840. The molecular formula is C31H27NO4S. The number of hydrogen-bond donors (Lipinski definition) is 1. The lowest BCUT2D eigenvalue weighted by Crippen LogP contribution is -2.24. The normalized spacial score (nSPS) is 14.6. The average Bonchev–Trinajstić information content (AvgIpc) is 3.21. The van der Waals surface area contributed by atoms with Crippen LogP contribution in [-0.4, -0.2) is 29.3 Å². The van der Waals surface area contributed by atoms with Crippen molar-refractivity contribution in [3.8, 4) is 16.3 Å². The van der Waals surface area contributed by atoms with Gasteiger partial charge in [-0.2, -0.15) is 0 Å². The van der Waals surface area contributed by atoms with Crippen molar-refractivity contribution in [2.75, 3.05) is 13.2 Å². The molecule has 37 heavy (non-hydrogen) atoms. The van der Waals surface area contributed by atoms with Crippen molar-refractivity contribution in [2.24, 2.45) is 0 Å². The number of ether oxygens (including phenoxy) is 2. The zero-order valence-corrected chi connectivity index (χ0v) is 21.8. The second kappa shape index (κ2) is 9.29. The van der Waals surface area contributed by atoms with E-state index in [4.69, 9.17) is 14.5 Å². The number of aromatic carboxylic acids is 1. The lowest BCUT2D eigenvalue weighted by atomic mass is 9.96. The van der Waals surface area contributed by atoms with Crippen LogP contribution < -0.4 is 4.74 Å². The fourth-order valence-electron chi connectivity index (χ4n) is 4.97. The maximum Gasteiger partial charge on any atom is 0.336 e. The summed E-state index contributed by atoms with van der Waals surface area (Å²) >= 11 is 1.64. The summed E-state index contributed by atoms with van der Waals surface area (Å²) in [6, 6.07) is 22.1. The number of nitrogens with zero attached hydrogens (tertiary/aromatic N) is 1. The first-order chi connectivity index (χ1) is 17.9. The molecule has 0 unspecified atom stereocenters. The maximum absolute atomic E-state index is 12.5. The van der Waals surface area contributed by atoms with Crippen molar-refractivity contribution >= 4 is 38.3 Å². The number of carboxylic acid groups (broad SMARTS) is 1. The van der Waals surface area contributed by atoms with E-state index in [-0.39, 0.29) is 11.7 Å². The van der Waals surface area contributed by atoms with Gasteiger partial charge in [0.1, 0.15) is 11.9 Å². The molecule has 5 aromatic rings. The molecule has 1 atom stereocenters. The zero-order chi connectivity index (χ0) is 25.7. The quantitative estimate of drug-likeness (QED) is 0.254. The molecule has 1 fully saturated rings. The number of benzene rings is 3. The minimum absolute atomic E-state index is 0.197. The molecule has 6 rings (SSSR count). The molecule has 0 spiro atoms. The van der Waals surface area contributed by atoms with Crippen LogP contribution in [-0.2, 0) is 4.74 Å². The van der Waals surface area contributed by atoms with Crippen molar-refractivity contribution in [3.63, 3.8) is 0 Å². The van der Waals surface area contributed by atoms with E-state index in [1.807, 2.05) is 38.1 Å². The Balaban J connectivity index is 1.42. The van der Waals surface area contributed by atoms with Gasteiger partial charge in [0.25, 0.3) is 0 Å². The Bertz CT molecular complexity index is 1650. The Hall–Kier alpha value is -3.74. The molecule has 0 amide bonds. The van der Waals surface area contributed by atoms with Crippen molar-refractivity contribution in [1.29, 1.82) is 0 Å². The minimum atomic E-state index is -0.998. The number of aromatic nitrogens is 1. The first-order valence-corrected chi connectivity index (χ1v) is 13.2. The van der Waals surface area contributed by atoms with E-state index in [1.54, 1.807) is 17.4 Å². The van der Waals surface area contributed by atoms with Gasteiger partial charge in [-0.25, -0.2) is 9.78 Å². The van der Waals surface area contributed by atoms with Gasteiger partial charge < -0.3 is 14.6 Å². The summed E-state index contributed by atoms with van der Waals surface area (Å²) in [7, 11) is 0. The van der Waals surface area contributed by atoms with Gasteiger partial charge in [-0.1, -0.05) is 48.5 Å². The van der Waals surface area contributed by atoms with Crippen LogP contribution in [0.5, 0.6) is 5.75 Å². The topological polar surface area (TPSA) is 68.7 Å². The highest BCUT2D eigenvalue weighted by atomic mass is 32.1. The highest BCUT2D eigenvalue weighted by Gasteiger charge is 2.23. The van der Waals surface area contributed by atoms with Gasteiger partial charge >= 0.3 is 5.97 Å². The molecule has 6 heteroatoms. The monoisotopic (exact) mass is 509 g/mol. The van der Waals surface area contributed by atoms with E-state index in [0.717, 1.165) is 39.5 Å². The number of aryl methyl sites for hydroxylation is 2. The molecule has 3 heterocycles.